The highest BCUT2D eigenvalue weighted by Crippen LogP contribution is 2.21. The van der Waals surface area contributed by atoms with Gasteiger partial charge in [0.1, 0.15) is 12.4 Å². The second kappa shape index (κ2) is 10.0. The highest BCUT2D eigenvalue weighted by Gasteiger charge is 2.07. The molecule has 0 radical (unpaired) electrons. The fraction of sp³-hybridized carbons (Fsp3) is 0.217. The van der Waals surface area contributed by atoms with Crippen molar-refractivity contribution in [1.29, 1.82) is 0 Å². The van der Waals surface area contributed by atoms with Crippen LogP contribution in [0.3, 0.4) is 0 Å². The van der Waals surface area contributed by atoms with Gasteiger partial charge in [-0.05, 0) is 31.0 Å². The van der Waals surface area contributed by atoms with Crippen LogP contribution in [-0.2, 0) is 13.2 Å². The number of para-hydroxylation sites is 1. The number of rotatable bonds is 7. The predicted octanol–water partition coefficient (Wildman–Crippen LogP) is 5.85. The summed E-state index contributed by atoms with van der Waals surface area (Å²) in [5.74, 6) is 0.941. The lowest BCUT2D eigenvalue weighted by atomic mass is 10.1. The van der Waals surface area contributed by atoms with Crippen molar-refractivity contribution in [3.63, 3.8) is 0 Å². The third-order valence-corrected chi connectivity index (χ3v) is 4.39. The van der Waals surface area contributed by atoms with Gasteiger partial charge in [0.2, 0.25) is 0 Å². The molecule has 26 heavy (non-hydrogen) atoms. The largest absolute Gasteiger partial charge is 0.489 e. The summed E-state index contributed by atoms with van der Waals surface area (Å²) in [5, 5.41) is 3.58. The van der Waals surface area contributed by atoms with Crippen LogP contribution in [0.25, 0.3) is 0 Å². The molecule has 0 aliphatic heterocycles. The Morgan fingerprint density at radius 1 is 0.846 bits per heavy atom. The summed E-state index contributed by atoms with van der Waals surface area (Å²) in [4.78, 5) is 0. The van der Waals surface area contributed by atoms with E-state index >= 15 is 0 Å². The molecule has 136 valence electrons. The van der Waals surface area contributed by atoms with Gasteiger partial charge in [-0.15, -0.1) is 12.4 Å². The highest BCUT2D eigenvalue weighted by molar-refractivity contribution is 5.85. The molecule has 1 atom stereocenters. The normalized spacial score (nSPS) is 11.5. The minimum absolute atomic E-state index is 0. The van der Waals surface area contributed by atoms with Crippen LogP contribution >= 0.6 is 12.4 Å². The second-order valence-corrected chi connectivity index (χ2v) is 6.40. The average molecular weight is 368 g/mol. The number of hydrogen-bond acceptors (Lipinski definition) is 2. The van der Waals surface area contributed by atoms with E-state index in [1.807, 2.05) is 18.2 Å². The van der Waals surface area contributed by atoms with Gasteiger partial charge in [0.25, 0.3) is 0 Å². The lowest BCUT2D eigenvalue weighted by molar-refractivity contribution is 0.301. The molecule has 1 unspecified atom stereocenters. The zero-order valence-corrected chi connectivity index (χ0v) is 16.1. The SMILES string of the molecule is Cc1ccc(COc2ccccc2CNC(C)c2ccccc2)cc1.Cl. The van der Waals surface area contributed by atoms with Gasteiger partial charge < -0.3 is 10.1 Å². The highest BCUT2D eigenvalue weighted by atomic mass is 35.5. The number of aryl methyl sites for hydroxylation is 1. The van der Waals surface area contributed by atoms with Crippen LogP contribution in [-0.4, -0.2) is 0 Å². The van der Waals surface area contributed by atoms with E-state index in [-0.39, 0.29) is 12.4 Å². The Morgan fingerprint density at radius 3 is 2.23 bits per heavy atom. The number of nitrogens with one attached hydrogen (secondary N) is 1. The molecule has 3 aromatic carbocycles. The molecule has 2 nitrogen and oxygen atoms in total. The zero-order chi connectivity index (χ0) is 17.5. The molecule has 0 spiro atoms. The van der Waals surface area contributed by atoms with Crippen LogP contribution in [0.15, 0.2) is 78.9 Å². The van der Waals surface area contributed by atoms with E-state index in [9.17, 15) is 0 Å². The Morgan fingerprint density at radius 2 is 1.50 bits per heavy atom. The van der Waals surface area contributed by atoms with Gasteiger partial charge in [-0.25, -0.2) is 0 Å². The van der Waals surface area contributed by atoms with E-state index in [0.29, 0.717) is 12.6 Å². The lowest BCUT2D eigenvalue weighted by Gasteiger charge is -2.16. The van der Waals surface area contributed by atoms with E-state index in [0.717, 1.165) is 12.3 Å². The molecule has 0 fully saturated rings. The summed E-state index contributed by atoms with van der Waals surface area (Å²) in [6, 6.07) is 27.5. The Labute approximate surface area is 162 Å². The van der Waals surface area contributed by atoms with Crippen molar-refractivity contribution in [2.75, 3.05) is 0 Å². The minimum Gasteiger partial charge on any atom is -0.489 e. The van der Waals surface area contributed by atoms with Crippen LogP contribution in [0.1, 0.15) is 35.2 Å². The maximum atomic E-state index is 6.06. The van der Waals surface area contributed by atoms with Crippen molar-refractivity contribution >= 4 is 12.4 Å². The van der Waals surface area contributed by atoms with Crippen LogP contribution in [0.5, 0.6) is 5.75 Å². The second-order valence-electron chi connectivity index (χ2n) is 6.40. The first-order valence-corrected chi connectivity index (χ1v) is 8.77. The Bertz CT molecular complexity index is 787. The standard InChI is InChI=1S/C23H25NO.ClH/c1-18-12-14-20(15-13-18)17-25-23-11-7-6-10-22(23)16-24-19(2)21-8-4-3-5-9-21;/h3-15,19,24H,16-17H2,1-2H3;1H. The van der Waals surface area contributed by atoms with E-state index < -0.39 is 0 Å². The molecule has 0 aromatic heterocycles. The molecular weight excluding hydrogens is 342 g/mol. The summed E-state index contributed by atoms with van der Waals surface area (Å²) >= 11 is 0. The number of halogens is 1. The van der Waals surface area contributed by atoms with Crippen molar-refractivity contribution in [3.05, 3.63) is 101 Å². The third kappa shape index (κ3) is 5.62. The van der Waals surface area contributed by atoms with Gasteiger partial charge in [0.05, 0.1) is 0 Å². The fourth-order valence-electron chi connectivity index (χ4n) is 2.76. The Balaban J connectivity index is 0.00000243. The van der Waals surface area contributed by atoms with E-state index in [1.54, 1.807) is 0 Å². The van der Waals surface area contributed by atoms with Crippen molar-refractivity contribution in [2.24, 2.45) is 0 Å². The number of ether oxygens (including phenoxy) is 1. The average Bonchev–Trinajstić information content (AvgIpc) is 2.67. The molecule has 3 rings (SSSR count). The molecule has 3 aromatic rings. The molecule has 0 amide bonds. The van der Waals surface area contributed by atoms with Crippen LogP contribution < -0.4 is 10.1 Å². The van der Waals surface area contributed by atoms with Crippen molar-refractivity contribution < 1.29 is 4.74 Å². The molecular formula is C23H26ClNO. The summed E-state index contributed by atoms with van der Waals surface area (Å²) in [6.45, 7) is 5.65. The number of benzene rings is 3. The van der Waals surface area contributed by atoms with Crippen molar-refractivity contribution in [2.45, 2.75) is 33.0 Å². The van der Waals surface area contributed by atoms with Gasteiger partial charge in [-0.2, -0.15) is 0 Å². The molecule has 1 N–H and O–H groups in total. The number of hydrogen-bond donors (Lipinski definition) is 1. The topological polar surface area (TPSA) is 21.3 Å². The quantitative estimate of drug-likeness (QED) is 0.565. The Kier molecular flexibility index (Phi) is 7.71. The molecule has 0 aliphatic rings. The molecule has 0 aliphatic carbocycles. The molecule has 0 heterocycles. The van der Waals surface area contributed by atoms with Crippen molar-refractivity contribution in [3.8, 4) is 5.75 Å². The predicted molar refractivity (Wildman–Crippen MR) is 111 cm³/mol. The summed E-state index contributed by atoms with van der Waals surface area (Å²) in [5.41, 5.74) is 4.92. The summed E-state index contributed by atoms with van der Waals surface area (Å²) in [6.07, 6.45) is 0. The monoisotopic (exact) mass is 367 g/mol. The minimum atomic E-state index is 0. The maximum absolute atomic E-state index is 6.06. The molecule has 0 bridgehead atoms. The van der Waals surface area contributed by atoms with Gasteiger partial charge in [-0.3, -0.25) is 0 Å². The van der Waals surface area contributed by atoms with Gasteiger partial charge in [-0.1, -0.05) is 78.4 Å². The first-order chi connectivity index (χ1) is 12.2. The maximum Gasteiger partial charge on any atom is 0.124 e. The third-order valence-electron chi connectivity index (χ3n) is 4.39. The summed E-state index contributed by atoms with van der Waals surface area (Å²) in [7, 11) is 0. The first-order valence-electron chi connectivity index (χ1n) is 8.77. The molecule has 0 saturated carbocycles. The Hall–Kier alpha value is -2.29. The van der Waals surface area contributed by atoms with Crippen LogP contribution in [0.2, 0.25) is 0 Å². The van der Waals surface area contributed by atoms with Crippen LogP contribution in [0, 0.1) is 6.92 Å². The van der Waals surface area contributed by atoms with E-state index in [2.05, 4.69) is 79.8 Å². The smallest absolute Gasteiger partial charge is 0.124 e. The van der Waals surface area contributed by atoms with Gasteiger partial charge in [0.15, 0.2) is 0 Å². The zero-order valence-electron chi connectivity index (χ0n) is 15.3. The summed E-state index contributed by atoms with van der Waals surface area (Å²) < 4.78 is 6.06. The molecule has 3 heteroatoms. The first kappa shape index (κ1) is 20.0. The van der Waals surface area contributed by atoms with E-state index in [1.165, 1.54) is 22.3 Å². The van der Waals surface area contributed by atoms with E-state index in [4.69, 9.17) is 4.74 Å². The van der Waals surface area contributed by atoms with Gasteiger partial charge >= 0.3 is 0 Å². The van der Waals surface area contributed by atoms with Crippen molar-refractivity contribution in [1.82, 2.24) is 5.32 Å². The molecule has 0 saturated heterocycles. The lowest BCUT2D eigenvalue weighted by Crippen LogP contribution is -2.18. The van der Waals surface area contributed by atoms with Crippen LogP contribution in [0.4, 0.5) is 0 Å². The van der Waals surface area contributed by atoms with Gasteiger partial charge in [0, 0.05) is 18.2 Å². The fourth-order valence-corrected chi connectivity index (χ4v) is 2.76.